The van der Waals surface area contributed by atoms with Crippen LogP contribution >= 0.6 is 11.6 Å². The molecule has 0 saturated carbocycles. The molecule has 2 fully saturated rings. The largest absolute Gasteiger partial charge is 0.453 e. The molecule has 3 aromatic carbocycles. The van der Waals surface area contributed by atoms with Gasteiger partial charge in [-0.25, -0.2) is 9.59 Å². The maximum atomic E-state index is 13.6. The van der Waals surface area contributed by atoms with Crippen LogP contribution in [0.4, 0.5) is 21.0 Å². The number of alkyl carbamates (subject to hydrolysis) is 2. The summed E-state index contributed by atoms with van der Waals surface area (Å²) in [5.41, 5.74) is 5.48. The van der Waals surface area contributed by atoms with Gasteiger partial charge in [0.05, 0.1) is 25.6 Å². The molecule has 3 heterocycles. The van der Waals surface area contributed by atoms with Crippen molar-refractivity contribution in [1.29, 1.82) is 0 Å². The molecule has 16 heteroatoms. The van der Waals surface area contributed by atoms with Gasteiger partial charge < -0.3 is 45.1 Å². The molecule has 2 aliphatic rings. The van der Waals surface area contributed by atoms with E-state index in [1.807, 2.05) is 113 Å². The van der Waals surface area contributed by atoms with Crippen molar-refractivity contribution in [2.75, 3.05) is 37.9 Å². The summed E-state index contributed by atoms with van der Waals surface area (Å²) in [5, 5.41) is 11.8. The Balaban J connectivity index is 1.18. The lowest BCUT2D eigenvalue weighted by Gasteiger charge is -2.30. The van der Waals surface area contributed by atoms with E-state index in [4.69, 9.17) is 21.1 Å². The van der Waals surface area contributed by atoms with Crippen molar-refractivity contribution >= 4 is 58.8 Å². The van der Waals surface area contributed by atoms with Crippen LogP contribution in [0, 0.1) is 11.8 Å². The first-order chi connectivity index (χ1) is 29.7. The van der Waals surface area contributed by atoms with Gasteiger partial charge in [0.2, 0.25) is 23.6 Å². The van der Waals surface area contributed by atoms with E-state index in [2.05, 4.69) is 25.8 Å². The first-order valence-electron chi connectivity index (χ1n) is 20.8. The molecule has 0 bridgehead atoms. The molecule has 0 radical (unpaired) electrons. The molecule has 15 nitrogen and oxygen atoms in total. The van der Waals surface area contributed by atoms with Crippen LogP contribution in [0.15, 0.2) is 84.9 Å². The van der Waals surface area contributed by atoms with Crippen LogP contribution in [0.1, 0.15) is 53.4 Å². The van der Waals surface area contributed by atoms with Gasteiger partial charge in [0, 0.05) is 35.2 Å². The summed E-state index contributed by atoms with van der Waals surface area (Å²) in [6.07, 6.45) is 0.907. The number of nitrogens with zero attached hydrogens (tertiary/aromatic N) is 3. The number of hydrogen-bond donors (Lipinski definition) is 4. The number of carbonyl (C=O) groups excluding carboxylic acids is 6. The summed E-state index contributed by atoms with van der Waals surface area (Å²) >= 11 is 6.30. The lowest BCUT2D eigenvalue weighted by atomic mass is 10.0. The zero-order valence-corrected chi connectivity index (χ0v) is 36.5. The number of anilines is 2. The number of nitrogens with one attached hydrogen (secondary N) is 4. The van der Waals surface area contributed by atoms with Crippen molar-refractivity contribution in [2.45, 2.75) is 77.5 Å². The highest BCUT2D eigenvalue weighted by atomic mass is 35.5. The molecular weight excluding hydrogens is 814 g/mol. The van der Waals surface area contributed by atoms with Gasteiger partial charge >= 0.3 is 12.2 Å². The molecule has 0 aliphatic carbocycles. The van der Waals surface area contributed by atoms with Gasteiger partial charge in [0.25, 0.3) is 0 Å². The Bertz CT molecular complexity index is 2120. The minimum Gasteiger partial charge on any atom is -0.453 e. The predicted octanol–water partition coefficient (Wildman–Crippen LogP) is 7.08. The van der Waals surface area contributed by atoms with Crippen LogP contribution in [0.5, 0.6) is 0 Å². The van der Waals surface area contributed by atoms with Crippen molar-refractivity contribution in [3.05, 3.63) is 90.0 Å². The fraction of sp³-hybridized carbons (Fsp3) is 0.391. The normalized spacial score (nSPS) is 17.0. The SMILES string of the molecule is COC(=O)N[C@H](C(=O)N1CCC[C@H]1C(=O)Nc1ccc(-c2ccc(-c3ccc(NC(=O)[C@@H]4CCCN4C(=O)[C@@H](NC(=O)OC)C(C)C)cc3)n2-c2ccc(Cl)cc2)cc1)C(C)C. The Kier molecular flexibility index (Phi) is 14.6. The molecule has 6 rings (SSSR count). The number of likely N-dealkylation sites (tertiary alicyclic amines) is 2. The number of aromatic nitrogens is 1. The Morgan fingerprint density at radius 1 is 0.581 bits per heavy atom. The van der Waals surface area contributed by atoms with Gasteiger partial charge in [-0.05, 0) is 109 Å². The maximum Gasteiger partial charge on any atom is 0.407 e. The van der Waals surface area contributed by atoms with E-state index in [9.17, 15) is 28.8 Å². The summed E-state index contributed by atoms with van der Waals surface area (Å²) in [5.74, 6) is -1.69. The monoisotopic (exact) mass is 867 g/mol. The van der Waals surface area contributed by atoms with E-state index in [-0.39, 0.29) is 35.5 Å². The van der Waals surface area contributed by atoms with Crippen LogP contribution in [0.2, 0.25) is 5.02 Å². The molecule has 0 unspecified atom stereocenters. The third-order valence-electron chi connectivity index (χ3n) is 11.3. The second-order valence-corrected chi connectivity index (χ2v) is 16.6. The van der Waals surface area contributed by atoms with Crippen LogP contribution in [-0.2, 0) is 28.7 Å². The first kappa shape index (κ1) is 45.2. The highest BCUT2D eigenvalue weighted by Gasteiger charge is 2.40. The van der Waals surface area contributed by atoms with E-state index < -0.39 is 36.4 Å². The minimum absolute atomic E-state index is 0.213. The Hall–Kier alpha value is -6.35. The van der Waals surface area contributed by atoms with E-state index in [1.54, 1.807) is 0 Å². The molecule has 4 N–H and O–H groups in total. The average Bonchev–Trinajstić information content (AvgIpc) is 4.06. The van der Waals surface area contributed by atoms with Crippen molar-refractivity contribution < 1.29 is 38.2 Å². The molecule has 1 aromatic heterocycles. The number of hydrogen-bond acceptors (Lipinski definition) is 8. The number of ether oxygens (including phenoxy) is 2. The third-order valence-corrected chi connectivity index (χ3v) is 11.6. The van der Waals surface area contributed by atoms with Crippen molar-refractivity contribution in [3.63, 3.8) is 0 Å². The zero-order valence-electron chi connectivity index (χ0n) is 35.8. The molecule has 62 heavy (non-hydrogen) atoms. The fourth-order valence-electron chi connectivity index (χ4n) is 8.02. The molecule has 0 spiro atoms. The standard InChI is InChI=1S/C46H54ClN7O8/c1-27(2)39(50-45(59)61-5)43(57)52-25-7-9-37(52)41(55)48-32-17-11-29(12-18-32)35-23-24-36(54(35)34-21-15-31(47)16-22-34)30-13-19-33(20-14-30)49-42(56)38-10-8-26-53(38)44(58)40(28(3)4)51-46(60)62-6/h11-24,27-28,37-40H,7-10,25-26H2,1-6H3,(H,48,55)(H,49,56)(H,50,59)(H,51,60)/t37-,38-,39-,40-/m0/s1. The first-order valence-corrected chi connectivity index (χ1v) is 21.2. The summed E-state index contributed by atoms with van der Waals surface area (Å²) in [4.78, 5) is 81.2. The van der Waals surface area contributed by atoms with Gasteiger partial charge in [-0.1, -0.05) is 63.6 Å². The Morgan fingerprint density at radius 2 is 0.968 bits per heavy atom. The molecule has 4 aromatic rings. The topological polar surface area (TPSA) is 180 Å². The van der Waals surface area contributed by atoms with Gasteiger partial charge in [0.15, 0.2) is 0 Å². The van der Waals surface area contributed by atoms with Gasteiger partial charge in [-0.3, -0.25) is 19.2 Å². The second kappa shape index (κ2) is 20.0. The summed E-state index contributed by atoms with van der Waals surface area (Å²) < 4.78 is 11.5. The maximum absolute atomic E-state index is 13.6. The number of benzene rings is 3. The Labute approximate surface area is 366 Å². The third kappa shape index (κ3) is 10.2. The molecule has 6 amide bonds. The molecule has 4 atom stereocenters. The van der Waals surface area contributed by atoms with E-state index >= 15 is 0 Å². The smallest absolute Gasteiger partial charge is 0.407 e. The van der Waals surface area contributed by atoms with Gasteiger partial charge in [-0.15, -0.1) is 0 Å². The minimum atomic E-state index is -0.829. The number of rotatable bonds is 13. The van der Waals surface area contributed by atoms with Crippen molar-refractivity contribution in [1.82, 2.24) is 25.0 Å². The lowest BCUT2D eigenvalue weighted by Crippen LogP contribution is -2.54. The van der Waals surface area contributed by atoms with E-state index in [1.165, 1.54) is 24.0 Å². The predicted molar refractivity (Wildman–Crippen MR) is 237 cm³/mol. The van der Waals surface area contributed by atoms with E-state index in [0.717, 1.165) is 28.2 Å². The molecular formula is C46H54ClN7O8. The zero-order chi connectivity index (χ0) is 44.7. The van der Waals surface area contributed by atoms with Crippen LogP contribution in [0.25, 0.3) is 28.2 Å². The lowest BCUT2D eigenvalue weighted by molar-refractivity contribution is -0.139. The Morgan fingerprint density at radius 3 is 1.32 bits per heavy atom. The number of halogens is 1. The highest BCUT2D eigenvalue weighted by molar-refractivity contribution is 6.30. The molecule has 328 valence electrons. The fourth-order valence-corrected chi connectivity index (χ4v) is 8.14. The van der Waals surface area contributed by atoms with Crippen molar-refractivity contribution in [3.8, 4) is 28.2 Å². The average molecular weight is 868 g/mol. The highest BCUT2D eigenvalue weighted by Crippen LogP contribution is 2.34. The quantitative estimate of drug-likeness (QED) is 0.110. The van der Waals surface area contributed by atoms with Crippen LogP contribution < -0.4 is 21.3 Å². The molecule has 2 aliphatic heterocycles. The van der Waals surface area contributed by atoms with Crippen LogP contribution in [-0.4, -0.2) is 102 Å². The summed E-state index contributed by atoms with van der Waals surface area (Å²) in [6, 6.07) is 23.4. The van der Waals surface area contributed by atoms with Gasteiger partial charge in [-0.2, -0.15) is 0 Å². The van der Waals surface area contributed by atoms with E-state index in [0.29, 0.717) is 55.2 Å². The number of methoxy groups -OCH3 is 2. The number of carbonyl (C=O) groups is 6. The van der Waals surface area contributed by atoms with Crippen LogP contribution in [0.3, 0.4) is 0 Å². The number of amides is 6. The van der Waals surface area contributed by atoms with Gasteiger partial charge in [0.1, 0.15) is 24.2 Å². The second-order valence-electron chi connectivity index (χ2n) is 16.1. The summed E-state index contributed by atoms with van der Waals surface area (Å²) in [7, 11) is 2.48. The summed E-state index contributed by atoms with van der Waals surface area (Å²) in [6.45, 7) is 8.11. The molecule has 2 saturated heterocycles. The van der Waals surface area contributed by atoms with Crippen molar-refractivity contribution in [2.24, 2.45) is 11.8 Å².